The molecule has 2 aromatic heterocycles. The fraction of sp³-hybridized carbons (Fsp3) is 0.188. The van der Waals surface area contributed by atoms with Crippen molar-refractivity contribution in [3.05, 3.63) is 50.3 Å². The van der Waals surface area contributed by atoms with E-state index in [0.717, 1.165) is 30.9 Å². The SMILES string of the molecule is CCOc1ccc2[nH]cc(C(=O)c3cc(C)c(Br)s3)c2c1. The van der Waals surface area contributed by atoms with Crippen molar-refractivity contribution >= 4 is 44.0 Å². The minimum absolute atomic E-state index is 0.0358. The summed E-state index contributed by atoms with van der Waals surface area (Å²) in [4.78, 5) is 16.6. The number of carbonyl (C=O) groups is 1. The van der Waals surface area contributed by atoms with E-state index in [1.807, 2.05) is 38.1 Å². The van der Waals surface area contributed by atoms with Gasteiger partial charge in [-0.05, 0) is 59.6 Å². The maximum atomic E-state index is 12.7. The van der Waals surface area contributed by atoms with Crippen molar-refractivity contribution in [1.82, 2.24) is 4.98 Å². The highest BCUT2D eigenvalue weighted by atomic mass is 79.9. The van der Waals surface area contributed by atoms with Crippen LogP contribution >= 0.6 is 27.3 Å². The minimum Gasteiger partial charge on any atom is -0.494 e. The van der Waals surface area contributed by atoms with Crippen molar-refractivity contribution in [1.29, 1.82) is 0 Å². The monoisotopic (exact) mass is 363 g/mol. The Labute approximate surface area is 135 Å². The van der Waals surface area contributed by atoms with Crippen molar-refractivity contribution in [2.45, 2.75) is 13.8 Å². The summed E-state index contributed by atoms with van der Waals surface area (Å²) in [6, 6.07) is 7.68. The first-order valence-electron chi connectivity index (χ1n) is 6.64. The Bertz CT molecular complexity index is 799. The highest BCUT2D eigenvalue weighted by molar-refractivity contribution is 9.11. The lowest BCUT2D eigenvalue weighted by atomic mass is 10.1. The molecular formula is C16H14BrNO2S. The number of benzene rings is 1. The highest BCUT2D eigenvalue weighted by Crippen LogP contribution is 2.31. The van der Waals surface area contributed by atoms with Crippen LogP contribution in [-0.4, -0.2) is 17.4 Å². The summed E-state index contributed by atoms with van der Waals surface area (Å²) in [5.41, 5.74) is 2.70. The van der Waals surface area contributed by atoms with E-state index in [-0.39, 0.29) is 5.78 Å². The maximum Gasteiger partial charge on any atom is 0.205 e. The van der Waals surface area contributed by atoms with Crippen LogP contribution in [0.3, 0.4) is 0 Å². The number of nitrogens with one attached hydrogen (secondary N) is 1. The van der Waals surface area contributed by atoms with E-state index < -0.39 is 0 Å². The summed E-state index contributed by atoms with van der Waals surface area (Å²) in [6.45, 7) is 4.54. The first kappa shape index (κ1) is 14.4. The lowest BCUT2D eigenvalue weighted by Crippen LogP contribution is -1.97. The standard InChI is InChI=1S/C16H14BrNO2S/c1-3-20-10-4-5-13-11(7-10)12(8-18-13)15(19)14-6-9(2)16(17)21-14/h4-8,18H,3H2,1-2H3. The van der Waals surface area contributed by atoms with Gasteiger partial charge in [-0.3, -0.25) is 4.79 Å². The van der Waals surface area contributed by atoms with Gasteiger partial charge in [-0.15, -0.1) is 11.3 Å². The molecule has 2 heterocycles. The third-order valence-electron chi connectivity index (χ3n) is 3.29. The molecule has 0 amide bonds. The van der Waals surface area contributed by atoms with Crippen molar-refractivity contribution in [2.75, 3.05) is 6.61 Å². The largest absolute Gasteiger partial charge is 0.494 e. The van der Waals surface area contributed by atoms with E-state index in [4.69, 9.17) is 4.74 Å². The smallest absolute Gasteiger partial charge is 0.205 e. The zero-order valence-electron chi connectivity index (χ0n) is 11.7. The Morgan fingerprint density at radius 1 is 1.38 bits per heavy atom. The van der Waals surface area contributed by atoms with Gasteiger partial charge in [-0.25, -0.2) is 0 Å². The van der Waals surface area contributed by atoms with Gasteiger partial charge in [-0.1, -0.05) is 0 Å². The molecule has 1 N–H and O–H groups in total. The second-order valence-corrected chi connectivity index (χ2v) is 7.11. The molecule has 0 aliphatic heterocycles. The number of H-pyrrole nitrogens is 1. The van der Waals surface area contributed by atoms with Gasteiger partial charge in [0.25, 0.3) is 0 Å². The van der Waals surface area contributed by atoms with Crippen LogP contribution in [0.25, 0.3) is 10.9 Å². The molecule has 0 bridgehead atoms. The Hall–Kier alpha value is -1.59. The average molecular weight is 364 g/mol. The average Bonchev–Trinajstić information content (AvgIpc) is 3.02. The first-order chi connectivity index (χ1) is 10.1. The number of aromatic amines is 1. The number of hydrogen-bond acceptors (Lipinski definition) is 3. The summed E-state index contributed by atoms with van der Waals surface area (Å²) in [5.74, 6) is 0.816. The van der Waals surface area contributed by atoms with Gasteiger partial charge in [0.1, 0.15) is 5.75 Å². The summed E-state index contributed by atoms with van der Waals surface area (Å²) in [7, 11) is 0. The van der Waals surface area contributed by atoms with Crippen LogP contribution in [0.4, 0.5) is 0 Å². The fourth-order valence-electron chi connectivity index (χ4n) is 2.25. The number of halogens is 1. The van der Waals surface area contributed by atoms with E-state index >= 15 is 0 Å². The molecular weight excluding hydrogens is 350 g/mol. The number of ketones is 1. The van der Waals surface area contributed by atoms with Gasteiger partial charge < -0.3 is 9.72 Å². The maximum absolute atomic E-state index is 12.7. The van der Waals surface area contributed by atoms with Crippen LogP contribution in [0.5, 0.6) is 5.75 Å². The fourth-order valence-corrected chi connectivity index (χ4v) is 3.74. The molecule has 0 radical (unpaired) electrons. The van der Waals surface area contributed by atoms with Gasteiger partial charge in [0.05, 0.1) is 15.3 Å². The van der Waals surface area contributed by atoms with E-state index in [1.165, 1.54) is 11.3 Å². The highest BCUT2D eigenvalue weighted by Gasteiger charge is 2.17. The Kier molecular flexibility index (Phi) is 3.87. The van der Waals surface area contributed by atoms with Crippen LogP contribution in [0, 0.1) is 6.92 Å². The Morgan fingerprint density at radius 2 is 2.19 bits per heavy atom. The summed E-state index contributed by atoms with van der Waals surface area (Å²) >= 11 is 4.93. The topological polar surface area (TPSA) is 42.1 Å². The molecule has 3 rings (SSSR count). The summed E-state index contributed by atoms with van der Waals surface area (Å²) in [5, 5.41) is 0.896. The second kappa shape index (κ2) is 5.66. The van der Waals surface area contributed by atoms with Gasteiger partial charge in [0, 0.05) is 22.7 Å². The van der Waals surface area contributed by atoms with Gasteiger partial charge in [-0.2, -0.15) is 0 Å². The third-order valence-corrected chi connectivity index (χ3v) is 5.43. The van der Waals surface area contributed by atoms with Crippen LogP contribution in [-0.2, 0) is 0 Å². The molecule has 3 nitrogen and oxygen atoms in total. The summed E-state index contributed by atoms with van der Waals surface area (Å²) in [6.07, 6.45) is 1.77. The Morgan fingerprint density at radius 3 is 2.86 bits per heavy atom. The number of rotatable bonds is 4. The van der Waals surface area contributed by atoms with Crippen LogP contribution in [0.2, 0.25) is 0 Å². The number of aryl methyl sites for hydroxylation is 1. The second-order valence-electron chi connectivity index (χ2n) is 4.74. The molecule has 1 aromatic carbocycles. The number of ether oxygens (including phenoxy) is 1. The summed E-state index contributed by atoms with van der Waals surface area (Å²) < 4.78 is 6.52. The molecule has 0 aliphatic rings. The van der Waals surface area contributed by atoms with E-state index in [9.17, 15) is 4.79 Å². The van der Waals surface area contributed by atoms with E-state index in [0.29, 0.717) is 12.2 Å². The number of thiophene rings is 1. The molecule has 0 spiro atoms. The first-order valence-corrected chi connectivity index (χ1v) is 8.25. The van der Waals surface area contributed by atoms with Gasteiger partial charge in [0.15, 0.2) is 0 Å². The molecule has 3 aromatic rings. The third kappa shape index (κ3) is 2.63. The molecule has 0 saturated heterocycles. The zero-order chi connectivity index (χ0) is 15.0. The van der Waals surface area contributed by atoms with Gasteiger partial charge >= 0.3 is 0 Å². The molecule has 0 saturated carbocycles. The Balaban J connectivity index is 2.06. The number of carbonyl (C=O) groups excluding carboxylic acids is 1. The van der Waals surface area contributed by atoms with Gasteiger partial charge in [0.2, 0.25) is 5.78 Å². The molecule has 5 heteroatoms. The quantitative estimate of drug-likeness (QED) is 0.667. The predicted octanol–water partition coefficient (Wildman–Crippen LogP) is 4.93. The molecule has 0 aliphatic carbocycles. The lowest BCUT2D eigenvalue weighted by molar-refractivity contribution is 0.104. The zero-order valence-corrected chi connectivity index (χ0v) is 14.1. The molecule has 0 atom stereocenters. The minimum atomic E-state index is 0.0358. The predicted molar refractivity (Wildman–Crippen MR) is 89.7 cm³/mol. The van der Waals surface area contributed by atoms with Crippen LogP contribution < -0.4 is 4.74 Å². The molecule has 108 valence electrons. The van der Waals surface area contributed by atoms with Crippen molar-refractivity contribution < 1.29 is 9.53 Å². The van der Waals surface area contributed by atoms with E-state index in [1.54, 1.807) is 6.20 Å². The normalized spacial score (nSPS) is 11.0. The number of fused-ring (bicyclic) bond motifs is 1. The molecule has 0 unspecified atom stereocenters. The van der Waals surface area contributed by atoms with Crippen molar-refractivity contribution in [2.24, 2.45) is 0 Å². The van der Waals surface area contributed by atoms with Crippen molar-refractivity contribution in [3.63, 3.8) is 0 Å². The van der Waals surface area contributed by atoms with Crippen molar-refractivity contribution in [3.8, 4) is 5.75 Å². The molecule has 0 fully saturated rings. The van der Waals surface area contributed by atoms with E-state index in [2.05, 4.69) is 20.9 Å². The molecule has 21 heavy (non-hydrogen) atoms. The number of hydrogen-bond donors (Lipinski definition) is 1. The number of aromatic nitrogens is 1. The lowest BCUT2D eigenvalue weighted by Gasteiger charge is -2.03. The van der Waals surface area contributed by atoms with Crippen LogP contribution in [0.1, 0.15) is 27.7 Å². The van der Waals surface area contributed by atoms with Crippen LogP contribution in [0.15, 0.2) is 34.2 Å².